The van der Waals surface area contributed by atoms with Crippen molar-refractivity contribution in [1.82, 2.24) is 5.16 Å². The third-order valence-corrected chi connectivity index (χ3v) is 5.55. The van der Waals surface area contributed by atoms with Crippen molar-refractivity contribution in [3.05, 3.63) is 57.1 Å². The van der Waals surface area contributed by atoms with Gasteiger partial charge in [0.05, 0.1) is 35.2 Å². The number of rotatable bonds is 8. The normalized spacial score (nSPS) is 11.7. The van der Waals surface area contributed by atoms with Crippen LogP contribution in [0, 0.1) is 5.41 Å². The van der Waals surface area contributed by atoms with Crippen molar-refractivity contribution in [3.8, 4) is 11.6 Å². The Morgan fingerprint density at radius 1 is 1.13 bits per heavy atom. The first kappa shape index (κ1) is 23.0. The molecule has 3 aromatic rings. The number of methoxy groups -OCH3 is 2. The summed E-state index contributed by atoms with van der Waals surface area (Å²) in [5, 5.41) is 23.4. The van der Waals surface area contributed by atoms with Crippen molar-refractivity contribution in [2.24, 2.45) is 0 Å². The minimum atomic E-state index is -0.197. The zero-order valence-corrected chi connectivity index (χ0v) is 19.1. The lowest BCUT2D eigenvalue weighted by Gasteiger charge is -2.14. The summed E-state index contributed by atoms with van der Waals surface area (Å²) in [5.74, 6) is -0.0350. The molecule has 31 heavy (non-hydrogen) atoms. The highest BCUT2D eigenvalue weighted by molar-refractivity contribution is 6.35. The number of aromatic nitrogens is 1. The minimum Gasteiger partial charge on any atom is -0.506 e. The van der Waals surface area contributed by atoms with Crippen LogP contribution in [0.25, 0.3) is 16.5 Å². The van der Waals surface area contributed by atoms with Crippen molar-refractivity contribution in [3.63, 3.8) is 0 Å². The topological polar surface area (TPSA) is 88.6 Å². The van der Waals surface area contributed by atoms with E-state index >= 15 is 0 Å². The van der Waals surface area contributed by atoms with Crippen LogP contribution in [0.3, 0.4) is 0 Å². The van der Waals surface area contributed by atoms with Gasteiger partial charge in [-0.25, -0.2) is 0 Å². The molecule has 0 aliphatic carbocycles. The van der Waals surface area contributed by atoms with E-state index in [1.54, 1.807) is 18.2 Å². The average Bonchev–Trinajstić information content (AvgIpc) is 3.18. The maximum atomic E-state index is 10.3. The van der Waals surface area contributed by atoms with Crippen LogP contribution in [0.4, 0.5) is 0 Å². The van der Waals surface area contributed by atoms with Gasteiger partial charge in [0.1, 0.15) is 5.75 Å². The number of nitrogens with one attached hydrogen (secondary N) is 1. The first-order valence-corrected chi connectivity index (χ1v) is 10.7. The Labute approximate surface area is 190 Å². The van der Waals surface area contributed by atoms with Crippen molar-refractivity contribution in [2.75, 3.05) is 14.2 Å². The van der Waals surface area contributed by atoms with Gasteiger partial charge in [0, 0.05) is 0 Å². The second-order valence-electron chi connectivity index (χ2n) is 7.03. The maximum Gasteiger partial charge on any atom is 0.261 e. The number of unbranched alkanes of at least 4 members (excludes halogenated alkanes) is 3. The molecule has 6 nitrogen and oxygen atoms in total. The van der Waals surface area contributed by atoms with E-state index in [9.17, 15) is 5.11 Å². The van der Waals surface area contributed by atoms with E-state index in [0.717, 1.165) is 42.4 Å². The Hall–Kier alpha value is -2.70. The SMILES string of the molecule is CCCCC/C=C(\c1cc(Cl)c(O)c(C(=N)OC)c1)c1cc(Cl)c2onc(OC)c2c1. The fourth-order valence-electron chi connectivity index (χ4n) is 3.36. The van der Waals surface area contributed by atoms with Crippen LogP contribution < -0.4 is 4.74 Å². The van der Waals surface area contributed by atoms with Gasteiger partial charge in [-0.15, -0.1) is 0 Å². The van der Waals surface area contributed by atoms with Crippen molar-refractivity contribution in [1.29, 1.82) is 5.41 Å². The molecule has 8 heteroatoms. The summed E-state index contributed by atoms with van der Waals surface area (Å²) in [6.07, 6.45) is 6.20. The van der Waals surface area contributed by atoms with Gasteiger partial charge in [0.15, 0.2) is 5.58 Å². The van der Waals surface area contributed by atoms with E-state index in [4.69, 9.17) is 42.6 Å². The smallest absolute Gasteiger partial charge is 0.261 e. The molecule has 2 N–H and O–H groups in total. The molecule has 0 saturated heterocycles. The molecule has 0 unspecified atom stereocenters. The van der Waals surface area contributed by atoms with Gasteiger partial charge in [-0.05, 0) is 59.0 Å². The molecule has 0 spiro atoms. The van der Waals surface area contributed by atoms with Crippen molar-refractivity contribution >= 4 is 45.6 Å². The number of hydrogen-bond donors (Lipinski definition) is 2. The molecule has 2 aromatic carbocycles. The summed E-state index contributed by atoms with van der Waals surface area (Å²) in [7, 11) is 2.89. The molecule has 0 radical (unpaired) electrons. The van der Waals surface area contributed by atoms with E-state index in [1.807, 2.05) is 6.07 Å². The van der Waals surface area contributed by atoms with Crippen molar-refractivity contribution < 1.29 is 19.1 Å². The second kappa shape index (κ2) is 10.1. The molecule has 0 aliphatic heterocycles. The van der Waals surface area contributed by atoms with Gasteiger partial charge < -0.3 is 19.1 Å². The summed E-state index contributed by atoms with van der Waals surface area (Å²) < 4.78 is 15.6. The highest BCUT2D eigenvalue weighted by Crippen LogP contribution is 2.38. The standard InChI is InChI=1S/C23H24Cl2N2O4/c1-4-5-6-7-8-15(13-9-16(22(26)29-2)20(28)18(24)11-13)14-10-17-21(19(25)12-14)31-27-23(17)30-3/h8-12,26,28H,4-7H2,1-3H3/b15-8+,26-22?. The highest BCUT2D eigenvalue weighted by Gasteiger charge is 2.19. The molecule has 0 aliphatic rings. The summed E-state index contributed by atoms with van der Waals surface area (Å²) in [6.45, 7) is 2.15. The number of nitrogens with zero attached hydrogens (tertiary/aromatic N) is 1. The molecule has 1 aromatic heterocycles. The third kappa shape index (κ3) is 4.81. The molecule has 0 amide bonds. The monoisotopic (exact) mass is 462 g/mol. The molecule has 0 atom stereocenters. The maximum absolute atomic E-state index is 10.3. The lowest BCUT2D eigenvalue weighted by atomic mass is 9.93. The van der Waals surface area contributed by atoms with E-state index in [0.29, 0.717) is 21.9 Å². The van der Waals surface area contributed by atoms with Crippen LogP contribution in [0.5, 0.6) is 11.6 Å². The Bertz CT molecular complexity index is 1140. The zero-order chi connectivity index (χ0) is 22.5. The zero-order valence-electron chi connectivity index (χ0n) is 17.6. The van der Waals surface area contributed by atoms with Crippen LogP contribution >= 0.6 is 23.2 Å². The van der Waals surface area contributed by atoms with E-state index < -0.39 is 0 Å². The number of ether oxygens (including phenoxy) is 2. The average molecular weight is 463 g/mol. The predicted octanol–water partition coefficient (Wildman–Crippen LogP) is 6.83. The van der Waals surface area contributed by atoms with Gasteiger partial charge in [-0.2, -0.15) is 0 Å². The lowest BCUT2D eigenvalue weighted by Crippen LogP contribution is -2.03. The Kier molecular flexibility index (Phi) is 7.46. The molecule has 3 rings (SSSR count). The number of phenols is 1. The van der Waals surface area contributed by atoms with Crippen LogP contribution in [-0.4, -0.2) is 30.4 Å². The first-order chi connectivity index (χ1) is 14.9. The van der Waals surface area contributed by atoms with Gasteiger partial charge in [0.25, 0.3) is 5.88 Å². The Morgan fingerprint density at radius 3 is 2.52 bits per heavy atom. The van der Waals surface area contributed by atoms with Crippen LogP contribution in [0.2, 0.25) is 10.0 Å². The van der Waals surface area contributed by atoms with Crippen molar-refractivity contribution in [2.45, 2.75) is 32.6 Å². The number of aromatic hydroxyl groups is 1. The summed E-state index contributed by atoms with van der Waals surface area (Å²) >= 11 is 12.8. The molecule has 164 valence electrons. The number of allylic oxidation sites excluding steroid dienone is 1. The molecule has 0 bridgehead atoms. The fourth-order valence-corrected chi connectivity index (χ4v) is 3.84. The third-order valence-electron chi connectivity index (χ3n) is 4.98. The lowest BCUT2D eigenvalue weighted by molar-refractivity contribution is 0.350. The minimum absolute atomic E-state index is 0.128. The Morgan fingerprint density at radius 2 is 1.84 bits per heavy atom. The van der Waals surface area contributed by atoms with E-state index in [1.165, 1.54) is 14.2 Å². The number of benzene rings is 2. The fraction of sp³-hybridized carbons (Fsp3) is 0.304. The molecule has 0 fully saturated rings. The number of halogens is 2. The van der Waals surface area contributed by atoms with Crippen LogP contribution in [-0.2, 0) is 4.74 Å². The first-order valence-electron chi connectivity index (χ1n) is 9.90. The van der Waals surface area contributed by atoms with Crippen LogP contribution in [0.1, 0.15) is 49.3 Å². The van der Waals surface area contributed by atoms with Gasteiger partial charge in [0.2, 0.25) is 5.90 Å². The van der Waals surface area contributed by atoms with Crippen LogP contribution in [0.15, 0.2) is 34.9 Å². The summed E-state index contributed by atoms with van der Waals surface area (Å²) in [4.78, 5) is 0. The highest BCUT2D eigenvalue weighted by atomic mass is 35.5. The number of hydrogen-bond acceptors (Lipinski definition) is 6. The number of fused-ring (bicyclic) bond motifs is 1. The molecular weight excluding hydrogens is 439 g/mol. The quantitative estimate of drug-likeness (QED) is 0.217. The van der Waals surface area contributed by atoms with Gasteiger partial charge in [-0.3, -0.25) is 5.41 Å². The molecule has 1 heterocycles. The molecular formula is C23H24Cl2N2O4. The Balaban J connectivity index is 2.20. The predicted molar refractivity (Wildman–Crippen MR) is 124 cm³/mol. The largest absolute Gasteiger partial charge is 0.506 e. The summed E-state index contributed by atoms with van der Waals surface area (Å²) in [5.41, 5.74) is 3.04. The summed E-state index contributed by atoms with van der Waals surface area (Å²) in [6, 6.07) is 7.03. The number of phenolic OH excluding ortho intramolecular Hbond substituents is 1. The molecule has 0 saturated carbocycles. The van der Waals surface area contributed by atoms with E-state index in [2.05, 4.69) is 18.2 Å². The van der Waals surface area contributed by atoms with Gasteiger partial charge in [-0.1, -0.05) is 49.0 Å². The van der Waals surface area contributed by atoms with E-state index in [-0.39, 0.29) is 22.2 Å². The second-order valence-corrected chi connectivity index (χ2v) is 7.84. The van der Waals surface area contributed by atoms with Gasteiger partial charge >= 0.3 is 0 Å².